The van der Waals surface area contributed by atoms with Crippen molar-refractivity contribution in [3.8, 4) is 6.07 Å². The lowest BCUT2D eigenvalue weighted by molar-refractivity contribution is 0.855. The molecule has 0 atom stereocenters. The fraction of sp³-hybridized carbons (Fsp3) is 0.125. The van der Waals surface area contributed by atoms with Crippen molar-refractivity contribution in [2.75, 3.05) is 0 Å². The number of rotatable bonds is 0. The Kier molecular flexibility index (Phi) is 2.32. The lowest BCUT2D eigenvalue weighted by Crippen LogP contribution is -2.28. The van der Waals surface area contributed by atoms with Gasteiger partial charge in [0, 0.05) is 7.05 Å². The minimum absolute atomic E-state index is 0.0699. The number of hydrogen-bond acceptors (Lipinski definition) is 3. The van der Waals surface area contributed by atoms with E-state index in [0.29, 0.717) is 9.20 Å². The highest BCUT2D eigenvalue weighted by Gasteiger charge is 2.03. The van der Waals surface area contributed by atoms with Crippen LogP contribution in [0.4, 0.5) is 0 Å². The fourth-order valence-electron chi connectivity index (χ4n) is 0.836. The largest absolute Gasteiger partial charge is 0.310 e. The van der Waals surface area contributed by atoms with E-state index in [0.717, 1.165) is 11.3 Å². The van der Waals surface area contributed by atoms with Gasteiger partial charge in [-0.2, -0.15) is 0 Å². The molecule has 0 N–H and O–H groups in total. The average Bonchev–Trinajstić information content (AvgIpc) is 2.36. The first-order valence-corrected chi connectivity index (χ1v) is 4.10. The first-order chi connectivity index (χ1) is 6.11. The lowest BCUT2D eigenvalue weighted by Gasteiger charge is -1.86. The summed E-state index contributed by atoms with van der Waals surface area (Å²) in [6.45, 7) is 10.2. The molecule has 0 aliphatic heterocycles. The molecule has 0 aliphatic carbocycles. The molecule has 0 aliphatic rings. The Bertz CT molecular complexity index is 563. The van der Waals surface area contributed by atoms with Gasteiger partial charge in [-0.15, -0.1) is 11.3 Å². The molecule has 1 aromatic heterocycles. The minimum atomic E-state index is -0.253. The Morgan fingerprint density at radius 1 is 1.85 bits per heavy atom. The van der Waals surface area contributed by atoms with Crippen LogP contribution in [0.15, 0.2) is 4.79 Å². The van der Waals surface area contributed by atoms with Crippen LogP contribution in [0.25, 0.3) is 17.1 Å². The molecule has 5 heteroatoms. The zero-order valence-corrected chi connectivity index (χ0v) is 7.68. The van der Waals surface area contributed by atoms with Crippen LogP contribution in [0, 0.1) is 17.9 Å². The summed E-state index contributed by atoms with van der Waals surface area (Å²) >= 11 is 1.06. The Morgan fingerprint density at radius 3 is 2.77 bits per heavy atom. The summed E-state index contributed by atoms with van der Waals surface area (Å²) in [5, 5.41) is 8.57. The summed E-state index contributed by atoms with van der Waals surface area (Å²) in [6, 6.07) is 1.73. The van der Waals surface area contributed by atoms with Crippen molar-refractivity contribution in [1.29, 1.82) is 5.26 Å². The van der Waals surface area contributed by atoms with Crippen LogP contribution in [-0.4, -0.2) is 4.57 Å². The van der Waals surface area contributed by atoms with E-state index >= 15 is 0 Å². The third-order valence-electron chi connectivity index (χ3n) is 1.49. The van der Waals surface area contributed by atoms with Crippen LogP contribution in [0.5, 0.6) is 0 Å². The minimum Gasteiger partial charge on any atom is -0.310 e. The molecule has 0 amide bonds. The second-order valence-corrected chi connectivity index (χ2v) is 3.35. The maximum absolute atomic E-state index is 11.2. The molecule has 13 heavy (non-hydrogen) atoms. The summed E-state index contributed by atoms with van der Waals surface area (Å²) in [5.41, 5.74) is -0.323. The highest BCUT2D eigenvalue weighted by atomic mass is 32.1. The molecule has 0 saturated carbocycles. The number of aromatic nitrogens is 1. The van der Waals surface area contributed by atoms with Gasteiger partial charge < -0.3 is 4.57 Å². The Balaban J connectivity index is 3.91. The van der Waals surface area contributed by atoms with Crippen LogP contribution in [0.2, 0.25) is 0 Å². The highest BCUT2D eigenvalue weighted by molar-refractivity contribution is 7.07. The monoisotopic (exact) mass is 191 g/mol. The van der Waals surface area contributed by atoms with Gasteiger partial charge in [-0.1, -0.05) is 6.58 Å². The predicted octanol–water partition coefficient (Wildman–Crippen LogP) is -0.592. The molecule has 64 valence electrons. The molecule has 0 unspecified atom stereocenters. The second-order valence-electron chi connectivity index (χ2n) is 2.27. The standard InChI is InChI=1S/C8H5N3OS/c1-5-7(12)11(3)8(13-5)6(4-9)10-2/h1H2,3H3/b8-6-. The van der Waals surface area contributed by atoms with Gasteiger partial charge in [0.25, 0.3) is 11.3 Å². The fourth-order valence-corrected chi connectivity index (χ4v) is 1.70. The Labute approximate surface area is 78.1 Å². The topological polar surface area (TPSA) is 50.1 Å². The highest BCUT2D eigenvalue weighted by Crippen LogP contribution is 1.90. The van der Waals surface area contributed by atoms with Gasteiger partial charge in [-0.3, -0.25) is 4.79 Å². The third-order valence-corrected chi connectivity index (χ3v) is 2.57. The van der Waals surface area contributed by atoms with Crippen LogP contribution >= 0.6 is 11.3 Å². The first-order valence-electron chi connectivity index (χ1n) is 3.28. The van der Waals surface area contributed by atoms with Crippen LogP contribution < -0.4 is 14.8 Å². The van der Waals surface area contributed by atoms with Crippen molar-refractivity contribution >= 4 is 23.6 Å². The van der Waals surface area contributed by atoms with E-state index in [1.807, 2.05) is 0 Å². The van der Waals surface area contributed by atoms with Gasteiger partial charge in [0.2, 0.25) is 0 Å². The van der Waals surface area contributed by atoms with Crippen molar-refractivity contribution in [1.82, 2.24) is 4.57 Å². The molecule has 0 fully saturated rings. The van der Waals surface area contributed by atoms with Gasteiger partial charge in [0.1, 0.15) is 4.66 Å². The summed E-state index contributed by atoms with van der Waals surface area (Å²) in [5.74, 6) is 0. The molecule has 1 heterocycles. The van der Waals surface area contributed by atoms with E-state index in [-0.39, 0.29) is 11.3 Å². The Morgan fingerprint density at radius 2 is 2.46 bits per heavy atom. The molecular formula is C8H5N3OS. The van der Waals surface area contributed by atoms with Crippen molar-refractivity contribution in [2.45, 2.75) is 0 Å². The zero-order valence-electron chi connectivity index (χ0n) is 6.87. The Hall–Kier alpha value is -1.85. The van der Waals surface area contributed by atoms with E-state index in [9.17, 15) is 4.79 Å². The van der Waals surface area contributed by atoms with Gasteiger partial charge in [-0.25, -0.2) is 10.1 Å². The molecule has 1 aromatic rings. The van der Waals surface area contributed by atoms with E-state index < -0.39 is 0 Å². The number of nitriles is 1. The number of thiazole rings is 1. The molecule has 0 aromatic carbocycles. The van der Waals surface area contributed by atoms with Gasteiger partial charge in [0.15, 0.2) is 0 Å². The average molecular weight is 191 g/mol. The molecule has 0 spiro atoms. The molecule has 0 radical (unpaired) electrons. The molecule has 0 saturated heterocycles. The van der Waals surface area contributed by atoms with Crippen molar-refractivity contribution in [2.24, 2.45) is 7.05 Å². The maximum atomic E-state index is 11.2. The van der Waals surface area contributed by atoms with Crippen molar-refractivity contribution in [3.05, 3.63) is 31.0 Å². The number of hydrogen-bond donors (Lipinski definition) is 0. The molecule has 0 bridgehead atoms. The normalized spacial score (nSPS) is 11.6. The smallest absolute Gasteiger partial charge is 0.294 e. The van der Waals surface area contributed by atoms with E-state index in [4.69, 9.17) is 11.8 Å². The van der Waals surface area contributed by atoms with E-state index in [2.05, 4.69) is 11.4 Å². The SMILES string of the molecule is [C-]#[N+]/C(C#N)=c1\sc(=C)c(=O)n1C. The van der Waals surface area contributed by atoms with Crippen LogP contribution in [0.3, 0.4) is 0 Å². The lowest BCUT2D eigenvalue weighted by atomic mass is 10.5. The molecule has 4 nitrogen and oxygen atoms in total. The summed E-state index contributed by atoms with van der Waals surface area (Å²) in [4.78, 5) is 14.2. The van der Waals surface area contributed by atoms with Crippen LogP contribution in [0.1, 0.15) is 0 Å². The quantitative estimate of drug-likeness (QED) is 0.514. The van der Waals surface area contributed by atoms with E-state index in [1.54, 1.807) is 6.07 Å². The van der Waals surface area contributed by atoms with Crippen LogP contribution in [-0.2, 0) is 7.05 Å². The van der Waals surface area contributed by atoms with Crippen molar-refractivity contribution < 1.29 is 0 Å². The molecular weight excluding hydrogens is 186 g/mol. The van der Waals surface area contributed by atoms with E-state index in [1.165, 1.54) is 11.6 Å². The predicted molar refractivity (Wildman–Crippen MR) is 50.0 cm³/mol. The second kappa shape index (κ2) is 3.26. The summed E-state index contributed by atoms with van der Waals surface area (Å²) in [7, 11) is 1.52. The summed E-state index contributed by atoms with van der Waals surface area (Å²) in [6.07, 6.45) is 0. The molecule has 1 rings (SSSR count). The van der Waals surface area contributed by atoms with Gasteiger partial charge in [0.05, 0.1) is 17.2 Å². The van der Waals surface area contributed by atoms with Crippen molar-refractivity contribution in [3.63, 3.8) is 0 Å². The first kappa shape index (κ1) is 9.24. The van der Waals surface area contributed by atoms with Gasteiger partial charge >= 0.3 is 0 Å². The number of nitrogens with zero attached hydrogens (tertiary/aromatic N) is 3. The zero-order chi connectivity index (χ0) is 10.0. The summed E-state index contributed by atoms with van der Waals surface area (Å²) < 4.78 is 1.98. The third kappa shape index (κ3) is 1.37. The maximum Gasteiger partial charge on any atom is 0.294 e. The van der Waals surface area contributed by atoms with Gasteiger partial charge in [-0.05, 0) is 0 Å².